The van der Waals surface area contributed by atoms with E-state index in [1.165, 1.54) is 23.0 Å². The van der Waals surface area contributed by atoms with Gasteiger partial charge in [-0.1, -0.05) is 11.6 Å². The molecule has 1 aromatic rings. The van der Waals surface area contributed by atoms with Crippen LogP contribution in [-0.2, 0) is 0 Å². The molecule has 0 radical (unpaired) electrons. The highest BCUT2D eigenvalue weighted by molar-refractivity contribution is 7.16. The molecule has 0 saturated heterocycles. The first-order valence-electron chi connectivity index (χ1n) is 5.86. The number of aliphatic hydroxyl groups excluding tert-OH is 1. The molecular weight excluding hydrogens is 252 g/mol. The van der Waals surface area contributed by atoms with Crippen LogP contribution in [-0.4, -0.2) is 23.1 Å². The van der Waals surface area contributed by atoms with Crippen LogP contribution in [0.3, 0.4) is 0 Å². The average molecular weight is 268 g/mol. The second-order valence-corrected chi connectivity index (χ2v) is 5.60. The Hall–Kier alpha value is -1.40. The van der Waals surface area contributed by atoms with Gasteiger partial charge in [-0.25, -0.2) is 0 Å². The minimum Gasteiger partial charge on any atom is -0.388 e. The highest BCUT2D eigenvalue weighted by Crippen LogP contribution is 2.40. The minimum atomic E-state index is -0.663. The molecule has 98 valence electrons. The van der Waals surface area contributed by atoms with E-state index in [9.17, 15) is 15.2 Å². The molecule has 0 aromatic carbocycles. The molecule has 18 heavy (non-hydrogen) atoms. The standard InChI is InChI=1S/C12H16N2O3S/c1-8-4-3-5-13(7-8)12-10(14(16)17)6-11(18-12)9(2)15/h4,6,9,15H,3,5,7H2,1-2H3. The zero-order valence-electron chi connectivity index (χ0n) is 10.4. The molecule has 1 aliphatic heterocycles. The van der Waals surface area contributed by atoms with Crippen LogP contribution in [0.25, 0.3) is 0 Å². The summed E-state index contributed by atoms with van der Waals surface area (Å²) in [6.07, 6.45) is 2.40. The molecule has 0 amide bonds. The van der Waals surface area contributed by atoms with Crippen LogP contribution in [0.5, 0.6) is 0 Å². The number of nitrogens with zero attached hydrogens (tertiary/aromatic N) is 2. The van der Waals surface area contributed by atoms with Gasteiger partial charge in [-0.05, 0) is 20.3 Å². The van der Waals surface area contributed by atoms with Crippen molar-refractivity contribution < 1.29 is 10.0 Å². The first-order valence-corrected chi connectivity index (χ1v) is 6.67. The summed E-state index contributed by atoms with van der Waals surface area (Å²) < 4.78 is 0. The maximum Gasteiger partial charge on any atom is 0.304 e. The molecule has 0 saturated carbocycles. The van der Waals surface area contributed by atoms with Crippen molar-refractivity contribution in [2.24, 2.45) is 0 Å². The van der Waals surface area contributed by atoms with Crippen LogP contribution in [0, 0.1) is 10.1 Å². The highest BCUT2D eigenvalue weighted by atomic mass is 32.1. The van der Waals surface area contributed by atoms with Crippen molar-refractivity contribution in [2.45, 2.75) is 26.4 Å². The van der Waals surface area contributed by atoms with E-state index in [0.717, 1.165) is 19.5 Å². The fourth-order valence-corrected chi connectivity index (χ4v) is 3.13. The van der Waals surface area contributed by atoms with Crippen molar-refractivity contribution in [1.82, 2.24) is 0 Å². The van der Waals surface area contributed by atoms with Crippen LogP contribution in [0.2, 0.25) is 0 Å². The van der Waals surface area contributed by atoms with E-state index in [2.05, 4.69) is 6.08 Å². The molecule has 2 rings (SSSR count). The summed E-state index contributed by atoms with van der Waals surface area (Å²) in [6, 6.07) is 1.48. The van der Waals surface area contributed by atoms with Crippen molar-refractivity contribution in [3.63, 3.8) is 0 Å². The third-order valence-electron chi connectivity index (χ3n) is 2.94. The summed E-state index contributed by atoms with van der Waals surface area (Å²) >= 11 is 1.31. The second-order valence-electron chi connectivity index (χ2n) is 4.53. The maximum absolute atomic E-state index is 11.1. The molecule has 1 aliphatic rings. The Balaban J connectivity index is 2.36. The van der Waals surface area contributed by atoms with Crippen LogP contribution < -0.4 is 4.90 Å². The summed E-state index contributed by atoms with van der Waals surface area (Å²) in [7, 11) is 0. The zero-order chi connectivity index (χ0) is 13.3. The number of anilines is 1. The Bertz CT molecular complexity index is 494. The molecule has 2 heterocycles. The Kier molecular flexibility index (Phi) is 3.68. The van der Waals surface area contributed by atoms with Gasteiger partial charge in [0.15, 0.2) is 5.00 Å². The van der Waals surface area contributed by atoms with E-state index in [0.29, 0.717) is 9.88 Å². The van der Waals surface area contributed by atoms with E-state index in [1.807, 2.05) is 11.8 Å². The van der Waals surface area contributed by atoms with Crippen molar-refractivity contribution in [3.05, 3.63) is 32.7 Å². The average Bonchev–Trinajstić information content (AvgIpc) is 2.73. The van der Waals surface area contributed by atoms with Gasteiger partial charge < -0.3 is 10.0 Å². The number of hydrogen-bond donors (Lipinski definition) is 1. The summed E-state index contributed by atoms with van der Waals surface area (Å²) in [4.78, 5) is 13.4. The second kappa shape index (κ2) is 5.07. The third-order valence-corrected chi connectivity index (χ3v) is 4.30. The maximum atomic E-state index is 11.1. The van der Waals surface area contributed by atoms with Gasteiger partial charge in [-0.15, -0.1) is 11.3 Å². The van der Waals surface area contributed by atoms with E-state index in [4.69, 9.17) is 0 Å². The Morgan fingerprint density at radius 2 is 2.33 bits per heavy atom. The number of thiophene rings is 1. The third kappa shape index (κ3) is 2.54. The number of nitro groups is 1. The van der Waals surface area contributed by atoms with Gasteiger partial charge in [0.2, 0.25) is 0 Å². The van der Waals surface area contributed by atoms with E-state index >= 15 is 0 Å². The van der Waals surface area contributed by atoms with Crippen LogP contribution >= 0.6 is 11.3 Å². The fourth-order valence-electron chi connectivity index (χ4n) is 2.04. The molecule has 0 spiro atoms. The first-order chi connectivity index (χ1) is 8.49. The molecule has 1 unspecified atom stereocenters. The molecule has 0 fully saturated rings. The van der Waals surface area contributed by atoms with E-state index < -0.39 is 6.10 Å². The lowest BCUT2D eigenvalue weighted by molar-refractivity contribution is -0.383. The van der Waals surface area contributed by atoms with Crippen LogP contribution in [0.4, 0.5) is 10.7 Å². The van der Waals surface area contributed by atoms with Gasteiger partial charge >= 0.3 is 5.69 Å². The molecule has 1 aromatic heterocycles. The van der Waals surface area contributed by atoms with Crippen molar-refractivity contribution in [3.8, 4) is 0 Å². The van der Waals surface area contributed by atoms with Crippen LogP contribution in [0.15, 0.2) is 17.7 Å². The quantitative estimate of drug-likeness (QED) is 0.520. The smallest absolute Gasteiger partial charge is 0.304 e. The SMILES string of the molecule is CC1=CCCN(c2sc(C(C)O)cc2[N+](=O)[O-])C1. The Morgan fingerprint density at radius 1 is 1.61 bits per heavy atom. The monoisotopic (exact) mass is 268 g/mol. The molecule has 1 N–H and O–H groups in total. The summed E-state index contributed by atoms with van der Waals surface area (Å²) in [5, 5.41) is 21.3. The van der Waals surface area contributed by atoms with Crippen LogP contribution in [0.1, 0.15) is 31.2 Å². The first kappa shape index (κ1) is 13.0. The molecule has 1 atom stereocenters. The van der Waals surface area contributed by atoms with Crippen molar-refractivity contribution in [2.75, 3.05) is 18.0 Å². The summed E-state index contributed by atoms with van der Waals surface area (Å²) in [6.45, 7) is 5.17. The summed E-state index contributed by atoms with van der Waals surface area (Å²) in [5.74, 6) is 0. The highest BCUT2D eigenvalue weighted by Gasteiger charge is 2.26. The molecular formula is C12H16N2O3S. The normalized spacial score (nSPS) is 17.5. The number of aliphatic hydroxyl groups is 1. The number of hydrogen-bond acceptors (Lipinski definition) is 5. The van der Waals surface area contributed by atoms with Crippen molar-refractivity contribution >= 4 is 22.0 Å². The topological polar surface area (TPSA) is 66.6 Å². The molecule has 6 heteroatoms. The van der Waals surface area contributed by atoms with Gasteiger partial charge in [0.05, 0.1) is 11.0 Å². The lowest BCUT2D eigenvalue weighted by Crippen LogP contribution is -2.28. The Labute approximate surface area is 110 Å². The van der Waals surface area contributed by atoms with E-state index in [1.54, 1.807) is 6.92 Å². The lowest BCUT2D eigenvalue weighted by atomic mass is 10.1. The number of rotatable bonds is 3. The minimum absolute atomic E-state index is 0.102. The predicted molar refractivity (Wildman–Crippen MR) is 72.2 cm³/mol. The van der Waals surface area contributed by atoms with Gasteiger partial charge in [0.25, 0.3) is 0 Å². The Morgan fingerprint density at radius 3 is 2.89 bits per heavy atom. The molecule has 0 aliphatic carbocycles. The zero-order valence-corrected chi connectivity index (χ0v) is 11.2. The fraction of sp³-hybridized carbons (Fsp3) is 0.500. The van der Waals surface area contributed by atoms with Crippen molar-refractivity contribution in [1.29, 1.82) is 0 Å². The van der Waals surface area contributed by atoms with Gasteiger partial charge in [-0.2, -0.15) is 0 Å². The van der Waals surface area contributed by atoms with Gasteiger partial charge in [0.1, 0.15) is 0 Å². The predicted octanol–water partition coefficient (Wildman–Crippen LogP) is 2.87. The molecule has 5 nitrogen and oxygen atoms in total. The van der Waals surface area contributed by atoms with Gasteiger partial charge in [0, 0.05) is 24.0 Å². The largest absolute Gasteiger partial charge is 0.388 e. The summed E-state index contributed by atoms with van der Waals surface area (Å²) in [5.41, 5.74) is 1.33. The molecule has 0 bridgehead atoms. The lowest BCUT2D eigenvalue weighted by Gasteiger charge is -2.26. The van der Waals surface area contributed by atoms with E-state index in [-0.39, 0.29) is 10.6 Å². The van der Waals surface area contributed by atoms with Gasteiger partial charge in [-0.3, -0.25) is 10.1 Å².